The Hall–Kier alpha value is -2.56. The summed E-state index contributed by atoms with van der Waals surface area (Å²) in [5.41, 5.74) is 2.55. The number of pyridine rings is 1. The lowest BCUT2D eigenvalue weighted by Gasteiger charge is -2.14. The zero-order valence-corrected chi connectivity index (χ0v) is 17.4. The molecule has 152 valence electrons. The van der Waals surface area contributed by atoms with Crippen LogP contribution < -0.4 is 10.7 Å². The standard InChI is InChI=1S/C23H32N2O3/c1-16(2)15-19-7-9-20(10-8-19)17(3)23(28)24-12-5-6-13-25-14-11-21(26)22(27)18(25)4/h7-11,14,16-17,27H,5-6,12-13,15H2,1-4H3,(H,24,28). The Morgan fingerprint density at radius 2 is 1.79 bits per heavy atom. The maximum Gasteiger partial charge on any atom is 0.227 e. The van der Waals surface area contributed by atoms with Gasteiger partial charge in [-0.15, -0.1) is 0 Å². The summed E-state index contributed by atoms with van der Waals surface area (Å²) in [7, 11) is 0. The van der Waals surface area contributed by atoms with Gasteiger partial charge >= 0.3 is 0 Å². The zero-order chi connectivity index (χ0) is 20.7. The molecule has 1 amide bonds. The van der Waals surface area contributed by atoms with Gasteiger partial charge in [-0.2, -0.15) is 0 Å². The topological polar surface area (TPSA) is 71.3 Å². The summed E-state index contributed by atoms with van der Waals surface area (Å²) in [4.78, 5) is 23.8. The summed E-state index contributed by atoms with van der Waals surface area (Å²) < 4.78 is 1.86. The molecule has 5 heteroatoms. The fraction of sp³-hybridized carbons (Fsp3) is 0.478. The lowest BCUT2D eigenvalue weighted by Crippen LogP contribution is -2.29. The van der Waals surface area contributed by atoms with Gasteiger partial charge in [0.1, 0.15) is 0 Å². The number of rotatable bonds is 9. The van der Waals surface area contributed by atoms with Gasteiger partial charge in [-0.25, -0.2) is 0 Å². The molecule has 2 aromatic rings. The van der Waals surface area contributed by atoms with Gasteiger partial charge in [0, 0.05) is 25.4 Å². The molecule has 0 aliphatic carbocycles. The van der Waals surface area contributed by atoms with Gasteiger partial charge in [-0.3, -0.25) is 9.59 Å². The summed E-state index contributed by atoms with van der Waals surface area (Å²) in [6, 6.07) is 9.70. The summed E-state index contributed by atoms with van der Waals surface area (Å²) in [6.45, 7) is 9.37. The van der Waals surface area contributed by atoms with Crippen molar-refractivity contribution in [1.82, 2.24) is 9.88 Å². The molecule has 1 unspecified atom stereocenters. The van der Waals surface area contributed by atoms with Gasteiger partial charge in [0.05, 0.1) is 11.6 Å². The summed E-state index contributed by atoms with van der Waals surface area (Å²) in [5.74, 6) is 0.292. The van der Waals surface area contributed by atoms with E-state index in [1.54, 1.807) is 13.1 Å². The number of aromatic hydroxyl groups is 1. The number of benzene rings is 1. The molecule has 0 spiro atoms. The molecule has 0 fully saturated rings. The first-order valence-corrected chi connectivity index (χ1v) is 10.0. The fourth-order valence-electron chi connectivity index (χ4n) is 3.24. The molecule has 1 aromatic heterocycles. The third-order valence-electron chi connectivity index (χ3n) is 5.05. The number of carbonyl (C=O) groups excluding carboxylic acids is 1. The van der Waals surface area contributed by atoms with Crippen molar-refractivity contribution in [3.05, 3.63) is 63.6 Å². The molecule has 1 atom stereocenters. The predicted octanol–water partition coefficient (Wildman–Crippen LogP) is 3.76. The van der Waals surface area contributed by atoms with E-state index in [9.17, 15) is 14.7 Å². The number of carbonyl (C=O) groups is 1. The normalized spacial score (nSPS) is 12.2. The highest BCUT2D eigenvalue weighted by molar-refractivity contribution is 5.83. The molecule has 0 aliphatic rings. The second kappa shape index (κ2) is 10.1. The number of hydrogen-bond donors (Lipinski definition) is 2. The van der Waals surface area contributed by atoms with Gasteiger partial charge in [0.2, 0.25) is 11.3 Å². The smallest absolute Gasteiger partial charge is 0.227 e. The first-order chi connectivity index (χ1) is 13.3. The number of nitrogens with one attached hydrogen (secondary N) is 1. The monoisotopic (exact) mass is 384 g/mol. The van der Waals surface area contributed by atoms with Crippen LogP contribution in [0.15, 0.2) is 41.3 Å². The highest BCUT2D eigenvalue weighted by Crippen LogP contribution is 2.18. The van der Waals surface area contributed by atoms with Crippen molar-refractivity contribution in [2.24, 2.45) is 5.92 Å². The molecule has 1 heterocycles. The Labute approximate surface area is 167 Å². The van der Waals surface area contributed by atoms with Crippen LogP contribution in [-0.2, 0) is 17.8 Å². The van der Waals surface area contributed by atoms with Crippen LogP contribution in [0.25, 0.3) is 0 Å². The molecule has 0 bridgehead atoms. The third-order valence-corrected chi connectivity index (χ3v) is 5.05. The molecule has 5 nitrogen and oxygen atoms in total. The van der Waals surface area contributed by atoms with Crippen LogP contribution in [-0.4, -0.2) is 22.1 Å². The Balaban J connectivity index is 1.76. The van der Waals surface area contributed by atoms with Crippen molar-refractivity contribution in [1.29, 1.82) is 0 Å². The Morgan fingerprint density at radius 3 is 2.43 bits per heavy atom. The van der Waals surface area contributed by atoms with Crippen LogP contribution in [0.3, 0.4) is 0 Å². The molecule has 2 rings (SSSR count). The van der Waals surface area contributed by atoms with Gasteiger partial charge < -0.3 is 15.0 Å². The predicted molar refractivity (Wildman–Crippen MR) is 113 cm³/mol. The quantitative estimate of drug-likeness (QED) is 0.647. The number of aromatic nitrogens is 1. The van der Waals surface area contributed by atoms with E-state index < -0.39 is 0 Å². The SMILES string of the molecule is Cc1c(O)c(=O)ccn1CCCCNC(=O)C(C)c1ccc(CC(C)C)cc1. The highest BCUT2D eigenvalue weighted by atomic mass is 16.3. The number of nitrogens with zero attached hydrogens (tertiary/aromatic N) is 1. The summed E-state index contributed by atoms with van der Waals surface area (Å²) in [6.07, 6.45) is 4.43. The van der Waals surface area contributed by atoms with E-state index in [4.69, 9.17) is 0 Å². The van der Waals surface area contributed by atoms with Crippen LogP contribution in [0, 0.1) is 12.8 Å². The van der Waals surface area contributed by atoms with E-state index in [0.29, 0.717) is 24.7 Å². The Kier molecular flexibility index (Phi) is 7.85. The van der Waals surface area contributed by atoms with Crippen LogP contribution >= 0.6 is 0 Å². The van der Waals surface area contributed by atoms with E-state index in [0.717, 1.165) is 24.8 Å². The highest BCUT2D eigenvalue weighted by Gasteiger charge is 2.14. The maximum absolute atomic E-state index is 12.4. The second-order valence-electron chi connectivity index (χ2n) is 7.87. The van der Waals surface area contributed by atoms with E-state index in [-0.39, 0.29) is 23.0 Å². The van der Waals surface area contributed by atoms with E-state index in [1.807, 2.05) is 23.6 Å². The molecular formula is C23H32N2O3. The molecule has 0 radical (unpaired) electrons. The zero-order valence-electron chi connectivity index (χ0n) is 17.4. The number of amides is 1. The van der Waals surface area contributed by atoms with Crippen molar-refractivity contribution >= 4 is 5.91 Å². The lowest BCUT2D eigenvalue weighted by molar-refractivity contribution is -0.122. The van der Waals surface area contributed by atoms with Crippen LogP contribution in [0.4, 0.5) is 0 Å². The van der Waals surface area contributed by atoms with Gasteiger partial charge in [-0.1, -0.05) is 38.1 Å². The van der Waals surface area contributed by atoms with Crippen molar-refractivity contribution < 1.29 is 9.90 Å². The number of hydrogen-bond acceptors (Lipinski definition) is 3. The third kappa shape index (κ3) is 5.98. The van der Waals surface area contributed by atoms with Crippen molar-refractivity contribution in [3.63, 3.8) is 0 Å². The average Bonchev–Trinajstić information content (AvgIpc) is 2.67. The average molecular weight is 385 g/mol. The molecule has 28 heavy (non-hydrogen) atoms. The number of unbranched alkanes of at least 4 members (excludes halogenated alkanes) is 1. The first-order valence-electron chi connectivity index (χ1n) is 10.0. The largest absolute Gasteiger partial charge is 0.503 e. The minimum atomic E-state index is -0.354. The van der Waals surface area contributed by atoms with Crippen molar-refractivity contribution in [3.8, 4) is 5.75 Å². The van der Waals surface area contributed by atoms with Crippen LogP contribution in [0.1, 0.15) is 56.4 Å². The lowest BCUT2D eigenvalue weighted by atomic mass is 9.96. The second-order valence-corrected chi connectivity index (χ2v) is 7.87. The molecule has 0 saturated heterocycles. The molecule has 0 aliphatic heterocycles. The van der Waals surface area contributed by atoms with Crippen molar-refractivity contribution in [2.75, 3.05) is 6.54 Å². The minimum Gasteiger partial charge on any atom is -0.503 e. The van der Waals surface area contributed by atoms with Gasteiger partial charge in [-0.05, 0) is 50.2 Å². The fourth-order valence-corrected chi connectivity index (χ4v) is 3.24. The number of aryl methyl sites for hydroxylation is 1. The summed E-state index contributed by atoms with van der Waals surface area (Å²) in [5, 5.41) is 12.7. The molecule has 0 saturated carbocycles. The van der Waals surface area contributed by atoms with Gasteiger partial charge in [0.15, 0.2) is 5.75 Å². The minimum absolute atomic E-state index is 0.0359. The first kappa shape index (κ1) is 21.7. The van der Waals surface area contributed by atoms with E-state index >= 15 is 0 Å². The Morgan fingerprint density at radius 1 is 1.11 bits per heavy atom. The molecule has 2 N–H and O–H groups in total. The Bertz CT molecular complexity index is 838. The van der Waals surface area contributed by atoms with Crippen molar-refractivity contribution in [2.45, 2.75) is 59.4 Å². The molecular weight excluding hydrogens is 352 g/mol. The van der Waals surface area contributed by atoms with Gasteiger partial charge in [0.25, 0.3) is 0 Å². The summed E-state index contributed by atoms with van der Waals surface area (Å²) >= 11 is 0. The van der Waals surface area contributed by atoms with E-state index in [1.165, 1.54) is 11.6 Å². The van der Waals surface area contributed by atoms with Crippen LogP contribution in [0.2, 0.25) is 0 Å². The molecule has 1 aromatic carbocycles. The van der Waals surface area contributed by atoms with Crippen LogP contribution in [0.5, 0.6) is 5.75 Å². The maximum atomic E-state index is 12.4. The van der Waals surface area contributed by atoms with E-state index in [2.05, 4.69) is 31.3 Å².